The van der Waals surface area contributed by atoms with Crippen molar-refractivity contribution in [3.8, 4) is 0 Å². The minimum absolute atomic E-state index is 0.283. The molecule has 0 bridgehead atoms. The molecular formula is C28H29N. The normalized spacial score (nSPS) is 17.7. The monoisotopic (exact) mass is 379 g/mol. The second kappa shape index (κ2) is 8.00. The zero-order valence-electron chi connectivity index (χ0n) is 17.0. The van der Waals surface area contributed by atoms with Gasteiger partial charge in [0.1, 0.15) is 0 Å². The van der Waals surface area contributed by atoms with Crippen molar-refractivity contribution in [2.45, 2.75) is 30.6 Å². The van der Waals surface area contributed by atoms with Gasteiger partial charge in [0.15, 0.2) is 0 Å². The van der Waals surface area contributed by atoms with Gasteiger partial charge in [-0.25, -0.2) is 0 Å². The molecule has 5 rings (SSSR count). The number of allylic oxidation sites excluding steroid dienone is 1. The highest BCUT2D eigenvalue weighted by Crippen LogP contribution is 2.43. The predicted octanol–water partition coefficient (Wildman–Crippen LogP) is 6.27. The molecule has 2 aliphatic rings. The summed E-state index contributed by atoms with van der Waals surface area (Å²) in [5.74, 6) is 0.473. The first kappa shape index (κ1) is 18.4. The lowest BCUT2D eigenvalue weighted by molar-refractivity contribution is 0.180. The molecule has 1 fully saturated rings. The lowest BCUT2D eigenvalue weighted by Gasteiger charge is -2.39. The first-order valence-electron chi connectivity index (χ1n) is 11.0. The van der Waals surface area contributed by atoms with Gasteiger partial charge in [0.05, 0.1) is 0 Å². The molecule has 0 atom stereocenters. The van der Waals surface area contributed by atoms with Crippen molar-refractivity contribution in [3.05, 3.63) is 113 Å². The van der Waals surface area contributed by atoms with Crippen molar-refractivity contribution in [3.63, 3.8) is 0 Å². The second-order valence-electron chi connectivity index (χ2n) is 8.58. The summed E-state index contributed by atoms with van der Waals surface area (Å²) in [6, 6.07) is 31.0. The van der Waals surface area contributed by atoms with Crippen molar-refractivity contribution < 1.29 is 0 Å². The first-order chi connectivity index (χ1) is 14.3. The Morgan fingerprint density at radius 3 is 1.97 bits per heavy atom. The molecule has 0 aromatic heterocycles. The van der Waals surface area contributed by atoms with Crippen molar-refractivity contribution in [2.24, 2.45) is 0 Å². The zero-order chi connectivity index (χ0) is 19.5. The molecule has 1 saturated heterocycles. The van der Waals surface area contributed by atoms with Crippen molar-refractivity contribution in [1.29, 1.82) is 0 Å². The highest BCUT2D eigenvalue weighted by molar-refractivity contribution is 5.65. The molecular weight excluding hydrogens is 350 g/mol. The second-order valence-corrected chi connectivity index (χ2v) is 8.58. The van der Waals surface area contributed by atoms with Crippen LogP contribution < -0.4 is 0 Å². The molecule has 146 valence electrons. The number of hydrogen-bond acceptors (Lipinski definition) is 1. The molecule has 3 aromatic rings. The molecule has 0 amide bonds. The van der Waals surface area contributed by atoms with Crippen LogP contribution in [0.3, 0.4) is 0 Å². The Hall–Kier alpha value is -2.64. The Kier molecular flexibility index (Phi) is 5.08. The first-order valence-corrected chi connectivity index (χ1v) is 11.0. The fourth-order valence-corrected chi connectivity index (χ4v) is 5.25. The smallest absolute Gasteiger partial charge is 0.0165 e. The SMILES string of the molecule is C1=CC2(CCN(CCC(c3ccccc3)c3ccccc3)CC2)c2ccccc21. The van der Waals surface area contributed by atoms with Crippen LogP contribution in [0.25, 0.3) is 6.08 Å². The third kappa shape index (κ3) is 3.68. The molecule has 1 heteroatoms. The van der Waals surface area contributed by atoms with E-state index in [1.165, 1.54) is 49.0 Å². The van der Waals surface area contributed by atoms with Crippen molar-refractivity contribution in [2.75, 3.05) is 19.6 Å². The predicted molar refractivity (Wildman–Crippen MR) is 122 cm³/mol. The van der Waals surface area contributed by atoms with Gasteiger partial charge < -0.3 is 4.90 Å². The van der Waals surface area contributed by atoms with Gasteiger partial charge in [-0.1, -0.05) is 97.1 Å². The number of benzene rings is 3. The number of piperidine rings is 1. The molecule has 1 aliphatic heterocycles. The standard InChI is InChI=1S/C28H29N/c1-3-9-23(10-4-1)26(24-11-5-2-6-12-24)16-20-29-21-18-28(19-22-29)17-15-25-13-7-8-14-27(25)28/h1-15,17,26H,16,18-22H2. The number of fused-ring (bicyclic) bond motifs is 2. The molecule has 1 nitrogen and oxygen atoms in total. The summed E-state index contributed by atoms with van der Waals surface area (Å²) in [6.07, 6.45) is 8.47. The van der Waals surface area contributed by atoms with Crippen LogP contribution in [-0.4, -0.2) is 24.5 Å². The van der Waals surface area contributed by atoms with E-state index in [4.69, 9.17) is 0 Å². The highest BCUT2D eigenvalue weighted by atomic mass is 15.1. The van der Waals surface area contributed by atoms with Crippen LogP contribution in [0.1, 0.15) is 47.4 Å². The lowest BCUT2D eigenvalue weighted by Crippen LogP contribution is -2.41. The fraction of sp³-hybridized carbons (Fsp3) is 0.286. The van der Waals surface area contributed by atoms with E-state index >= 15 is 0 Å². The van der Waals surface area contributed by atoms with E-state index in [0.29, 0.717) is 5.92 Å². The lowest BCUT2D eigenvalue weighted by atomic mass is 9.74. The Balaban J connectivity index is 1.26. The van der Waals surface area contributed by atoms with Crippen molar-refractivity contribution >= 4 is 6.08 Å². The van der Waals surface area contributed by atoms with Gasteiger partial charge in [0.2, 0.25) is 0 Å². The van der Waals surface area contributed by atoms with E-state index < -0.39 is 0 Å². The third-order valence-electron chi connectivity index (χ3n) is 6.97. The maximum atomic E-state index is 2.68. The Morgan fingerprint density at radius 1 is 0.724 bits per heavy atom. The number of rotatable bonds is 5. The average molecular weight is 380 g/mol. The summed E-state index contributed by atoms with van der Waals surface area (Å²) in [4.78, 5) is 2.68. The maximum absolute atomic E-state index is 2.68. The molecule has 1 aliphatic carbocycles. The summed E-state index contributed by atoms with van der Waals surface area (Å²) < 4.78 is 0. The summed E-state index contributed by atoms with van der Waals surface area (Å²) in [5, 5.41) is 0. The van der Waals surface area contributed by atoms with E-state index in [-0.39, 0.29) is 5.41 Å². The Bertz CT molecular complexity index is 926. The minimum atomic E-state index is 0.283. The summed E-state index contributed by atoms with van der Waals surface area (Å²) >= 11 is 0. The largest absolute Gasteiger partial charge is 0.303 e. The Labute approximate surface area is 174 Å². The van der Waals surface area contributed by atoms with E-state index in [1.807, 2.05) is 0 Å². The molecule has 0 saturated carbocycles. The van der Waals surface area contributed by atoms with Gasteiger partial charge in [-0.15, -0.1) is 0 Å². The van der Waals surface area contributed by atoms with Crippen LogP contribution >= 0.6 is 0 Å². The fourth-order valence-electron chi connectivity index (χ4n) is 5.25. The molecule has 0 unspecified atom stereocenters. The molecule has 3 aromatic carbocycles. The average Bonchev–Trinajstić information content (AvgIpc) is 3.15. The number of likely N-dealkylation sites (tertiary alicyclic amines) is 1. The van der Waals surface area contributed by atoms with Gasteiger partial charge in [-0.05, 0) is 61.2 Å². The van der Waals surface area contributed by atoms with Gasteiger partial charge in [0.25, 0.3) is 0 Å². The van der Waals surface area contributed by atoms with Crippen LogP contribution in [0, 0.1) is 0 Å². The highest BCUT2D eigenvalue weighted by Gasteiger charge is 2.37. The van der Waals surface area contributed by atoms with Crippen LogP contribution in [0.2, 0.25) is 0 Å². The van der Waals surface area contributed by atoms with Gasteiger partial charge >= 0.3 is 0 Å². The molecule has 1 heterocycles. The van der Waals surface area contributed by atoms with E-state index in [0.717, 1.165) is 6.54 Å². The Morgan fingerprint density at radius 2 is 1.31 bits per heavy atom. The number of nitrogens with zero attached hydrogens (tertiary/aromatic N) is 1. The quantitative estimate of drug-likeness (QED) is 0.505. The van der Waals surface area contributed by atoms with Gasteiger partial charge in [-0.3, -0.25) is 0 Å². The summed E-state index contributed by atoms with van der Waals surface area (Å²) in [5.41, 5.74) is 6.12. The van der Waals surface area contributed by atoms with Crippen LogP contribution in [-0.2, 0) is 5.41 Å². The number of hydrogen-bond donors (Lipinski definition) is 0. The summed E-state index contributed by atoms with van der Waals surface area (Å²) in [6.45, 7) is 3.54. The minimum Gasteiger partial charge on any atom is -0.303 e. The van der Waals surface area contributed by atoms with Crippen LogP contribution in [0.4, 0.5) is 0 Å². The van der Waals surface area contributed by atoms with E-state index in [9.17, 15) is 0 Å². The van der Waals surface area contributed by atoms with Crippen LogP contribution in [0.5, 0.6) is 0 Å². The molecule has 1 spiro atoms. The summed E-state index contributed by atoms with van der Waals surface area (Å²) in [7, 11) is 0. The van der Waals surface area contributed by atoms with E-state index in [2.05, 4.69) is 102 Å². The van der Waals surface area contributed by atoms with E-state index in [1.54, 1.807) is 5.56 Å². The van der Waals surface area contributed by atoms with Crippen molar-refractivity contribution in [1.82, 2.24) is 4.90 Å². The zero-order valence-corrected chi connectivity index (χ0v) is 17.0. The van der Waals surface area contributed by atoms with Gasteiger partial charge in [0, 0.05) is 11.3 Å². The van der Waals surface area contributed by atoms with Crippen LogP contribution in [0.15, 0.2) is 91.0 Å². The molecule has 0 radical (unpaired) electrons. The maximum Gasteiger partial charge on any atom is 0.0165 e. The molecule has 29 heavy (non-hydrogen) atoms. The molecule has 0 N–H and O–H groups in total. The van der Waals surface area contributed by atoms with Gasteiger partial charge in [-0.2, -0.15) is 0 Å². The third-order valence-corrected chi connectivity index (χ3v) is 6.97. The topological polar surface area (TPSA) is 3.24 Å².